The van der Waals surface area contributed by atoms with Crippen molar-refractivity contribution in [2.45, 2.75) is 13.0 Å². The van der Waals surface area contributed by atoms with E-state index in [1.54, 1.807) is 29.7 Å². The van der Waals surface area contributed by atoms with Crippen LogP contribution in [0.5, 0.6) is 0 Å². The van der Waals surface area contributed by atoms with E-state index in [9.17, 15) is 4.79 Å². The van der Waals surface area contributed by atoms with E-state index in [4.69, 9.17) is 5.11 Å². The molecule has 2 rings (SSSR count). The standard InChI is InChI=1S/C15H13BrN2O2S/c16-12-7-13(21-10-12)9-18-15(20)14-5-4-11(8-17-14)3-1-2-6-19/h4-5,7-8,10,19H,2,6,9H2,(H,18,20). The number of nitrogens with one attached hydrogen (secondary N) is 1. The summed E-state index contributed by atoms with van der Waals surface area (Å²) in [6, 6.07) is 5.36. The van der Waals surface area contributed by atoms with E-state index >= 15 is 0 Å². The molecule has 0 saturated heterocycles. The van der Waals surface area contributed by atoms with Gasteiger partial charge in [-0.05, 0) is 34.1 Å². The maximum Gasteiger partial charge on any atom is 0.270 e. The minimum atomic E-state index is -0.214. The Morgan fingerprint density at radius 3 is 2.95 bits per heavy atom. The lowest BCUT2D eigenvalue weighted by Crippen LogP contribution is -2.23. The first kappa shape index (κ1) is 15.7. The molecule has 2 aromatic heterocycles. The van der Waals surface area contributed by atoms with Crippen molar-refractivity contribution >= 4 is 33.2 Å². The fraction of sp³-hybridized carbons (Fsp3) is 0.200. The molecule has 6 heteroatoms. The smallest absolute Gasteiger partial charge is 0.270 e. The van der Waals surface area contributed by atoms with E-state index in [2.05, 4.69) is 38.1 Å². The summed E-state index contributed by atoms with van der Waals surface area (Å²) in [5.41, 5.74) is 1.08. The Labute approximate surface area is 135 Å². The summed E-state index contributed by atoms with van der Waals surface area (Å²) in [6.45, 7) is 0.522. The van der Waals surface area contributed by atoms with Crippen LogP contribution in [0.1, 0.15) is 27.3 Å². The SMILES string of the molecule is O=C(NCc1cc(Br)cs1)c1ccc(C#CCCO)cn1. The zero-order chi connectivity index (χ0) is 15.1. The van der Waals surface area contributed by atoms with E-state index in [1.807, 2.05) is 11.4 Å². The summed E-state index contributed by atoms with van der Waals surface area (Å²) in [7, 11) is 0. The van der Waals surface area contributed by atoms with Gasteiger partial charge in [0, 0.05) is 32.9 Å². The van der Waals surface area contributed by atoms with Crippen molar-refractivity contribution in [2.75, 3.05) is 6.61 Å². The second-order valence-electron chi connectivity index (χ2n) is 4.12. The van der Waals surface area contributed by atoms with Crippen molar-refractivity contribution in [2.24, 2.45) is 0 Å². The summed E-state index contributed by atoms with van der Waals surface area (Å²) in [5, 5.41) is 13.4. The van der Waals surface area contributed by atoms with Crippen LogP contribution < -0.4 is 5.32 Å². The van der Waals surface area contributed by atoms with E-state index in [-0.39, 0.29) is 12.5 Å². The van der Waals surface area contributed by atoms with Crippen LogP contribution in [-0.2, 0) is 6.54 Å². The van der Waals surface area contributed by atoms with Gasteiger partial charge in [0.15, 0.2) is 0 Å². The maximum absolute atomic E-state index is 11.9. The first-order chi connectivity index (χ1) is 10.2. The Hall–Kier alpha value is -1.68. The number of aliphatic hydroxyl groups is 1. The molecule has 0 bridgehead atoms. The van der Waals surface area contributed by atoms with Gasteiger partial charge in [-0.25, -0.2) is 4.98 Å². The predicted octanol–water partition coefficient (Wildman–Crippen LogP) is 2.57. The van der Waals surface area contributed by atoms with Crippen LogP contribution in [0.25, 0.3) is 0 Å². The Kier molecular flexibility index (Phi) is 5.93. The molecule has 0 aromatic carbocycles. The van der Waals surface area contributed by atoms with Gasteiger partial charge in [0.2, 0.25) is 0 Å². The quantitative estimate of drug-likeness (QED) is 0.819. The minimum absolute atomic E-state index is 0.0414. The molecule has 21 heavy (non-hydrogen) atoms. The molecule has 0 fully saturated rings. The Morgan fingerprint density at radius 2 is 2.33 bits per heavy atom. The second-order valence-corrected chi connectivity index (χ2v) is 6.03. The van der Waals surface area contributed by atoms with Gasteiger partial charge in [0.05, 0.1) is 13.2 Å². The maximum atomic E-state index is 11.9. The van der Waals surface area contributed by atoms with Crippen molar-refractivity contribution in [3.8, 4) is 11.8 Å². The molecule has 0 unspecified atom stereocenters. The Morgan fingerprint density at radius 1 is 1.48 bits per heavy atom. The van der Waals surface area contributed by atoms with Gasteiger partial charge in [-0.3, -0.25) is 4.79 Å². The monoisotopic (exact) mass is 364 g/mol. The van der Waals surface area contributed by atoms with Crippen LogP contribution >= 0.6 is 27.3 Å². The van der Waals surface area contributed by atoms with Crippen LogP contribution in [0, 0.1) is 11.8 Å². The van der Waals surface area contributed by atoms with Crippen molar-refractivity contribution < 1.29 is 9.90 Å². The molecule has 2 heterocycles. The average molecular weight is 365 g/mol. The number of aromatic nitrogens is 1. The second kappa shape index (κ2) is 7.93. The van der Waals surface area contributed by atoms with Crippen LogP contribution in [0.15, 0.2) is 34.2 Å². The number of hydrogen-bond donors (Lipinski definition) is 2. The molecule has 0 atom stereocenters. The number of hydrogen-bond acceptors (Lipinski definition) is 4. The van der Waals surface area contributed by atoms with Crippen LogP contribution in [0.3, 0.4) is 0 Å². The molecule has 108 valence electrons. The third-order valence-electron chi connectivity index (χ3n) is 2.51. The number of amides is 1. The third-order valence-corrected chi connectivity index (χ3v) is 4.21. The van der Waals surface area contributed by atoms with Crippen molar-refractivity contribution in [1.29, 1.82) is 0 Å². The van der Waals surface area contributed by atoms with Crippen LogP contribution in [-0.4, -0.2) is 22.6 Å². The zero-order valence-electron chi connectivity index (χ0n) is 11.1. The molecule has 2 N–H and O–H groups in total. The predicted molar refractivity (Wildman–Crippen MR) is 86.0 cm³/mol. The highest BCUT2D eigenvalue weighted by Crippen LogP contribution is 2.19. The lowest BCUT2D eigenvalue weighted by molar-refractivity contribution is 0.0946. The molecule has 0 radical (unpaired) electrons. The summed E-state index contributed by atoms with van der Waals surface area (Å²) in [4.78, 5) is 17.1. The highest BCUT2D eigenvalue weighted by atomic mass is 79.9. The number of carbonyl (C=O) groups excluding carboxylic acids is 1. The van der Waals surface area contributed by atoms with Crippen molar-refractivity contribution in [3.63, 3.8) is 0 Å². The topological polar surface area (TPSA) is 62.2 Å². The number of aliphatic hydroxyl groups excluding tert-OH is 1. The lowest BCUT2D eigenvalue weighted by atomic mass is 10.2. The van der Waals surface area contributed by atoms with E-state index in [0.717, 1.165) is 14.9 Å². The number of thiophene rings is 1. The Bertz CT molecular complexity index is 671. The summed E-state index contributed by atoms with van der Waals surface area (Å²) < 4.78 is 1.01. The first-order valence-electron chi connectivity index (χ1n) is 6.26. The molecule has 0 aliphatic heterocycles. The number of halogens is 1. The number of nitrogens with zero attached hydrogens (tertiary/aromatic N) is 1. The molecular formula is C15H13BrN2O2S. The van der Waals surface area contributed by atoms with Gasteiger partial charge in [-0.2, -0.15) is 0 Å². The molecule has 0 aliphatic rings. The number of carbonyl (C=O) groups is 1. The molecule has 0 saturated carbocycles. The average Bonchev–Trinajstić information content (AvgIpc) is 2.91. The van der Waals surface area contributed by atoms with Crippen molar-refractivity contribution in [1.82, 2.24) is 10.3 Å². The first-order valence-corrected chi connectivity index (χ1v) is 7.93. The highest BCUT2D eigenvalue weighted by molar-refractivity contribution is 9.10. The normalized spacial score (nSPS) is 9.81. The van der Waals surface area contributed by atoms with Crippen LogP contribution in [0.4, 0.5) is 0 Å². The van der Waals surface area contributed by atoms with Crippen LogP contribution in [0.2, 0.25) is 0 Å². The van der Waals surface area contributed by atoms with Gasteiger partial charge < -0.3 is 10.4 Å². The largest absolute Gasteiger partial charge is 0.395 e. The lowest BCUT2D eigenvalue weighted by Gasteiger charge is -2.02. The summed E-state index contributed by atoms with van der Waals surface area (Å²) in [5.74, 6) is 5.46. The van der Waals surface area contributed by atoms with Gasteiger partial charge in [-0.1, -0.05) is 11.8 Å². The minimum Gasteiger partial charge on any atom is -0.395 e. The number of pyridine rings is 1. The third kappa shape index (κ3) is 4.97. The molecular weight excluding hydrogens is 352 g/mol. The Balaban J connectivity index is 1.92. The fourth-order valence-electron chi connectivity index (χ4n) is 1.53. The summed E-state index contributed by atoms with van der Waals surface area (Å²) >= 11 is 4.95. The molecule has 0 spiro atoms. The van der Waals surface area contributed by atoms with Gasteiger partial charge >= 0.3 is 0 Å². The zero-order valence-corrected chi connectivity index (χ0v) is 13.5. The van der Waals surface area contributed by atoms with Crippen molar-refractivity contribution in [3.05, 3.63) is 50.4 Å². The van der Waals surface area contributed by atoms with E-state index < -0.39 is 0 Å². The fourth-order valence-corrected chi connectivity index (χ4v) is 2.92. The molecule has 2 aromatic rings. The highest BCUT2D eigenvalue weighted by Gasteiger charge is 2.07. The molecule has 4 nitrogen and oxygen atoms in total. The summed E-state index contributed by atoms with van der Waals surface area (Å²) in [6.07, 6.45) is 1.99. The molecule has 0 aliphatic carbocycles. The van der Waals surface area contributed by atoms with Gasteiger partial charge in [-0.15, -0.1) is 11.3 Å². The molecule has 1 amide bonds. The van der Waals surface area contributed by atoms with Gasteiger partial charge in [0.25, 0.3) is 5.91 Å². The van der Waals surface area contributed by atoms with Gasteiger partial charge in [0.1, 0.15) is 5.69 Å². The van der Waals surface area contributed by atoms with E-state index in [1.165, 1.54) is 0 Å². The van der Waals surface area contributed by atoms with E-state index in [0.29, 0.717) is 18.7 Å². The number of rotatable bonds is 4.